The third kappa shape index (κ3) is 7.59. The van der Waals surface area contributed by atoms with Gasteiger partial charge in [0.15, 0.2) is 0 Å². The van der Waals surface area contributed by atoms with Crippen LogP contribution in [0.5, 0.6) is 0 Å². The Kier molecular flexibility index (Phi) is 8.17. The third-order valence-corrected chi connectivity index (χ3v) is 4.66. The number of nitrogens with one attached hydrogen (secondary N) is 1. The Morgan fingerprint density at radius 3 is 2.48 bits per heavy atom. The maximum atomic E-state index is 9.60. The lowest BCUT2D eigenvalue weighted by molar-refractivity contribution is 0.143. The van der Waals surface area contributed by atoms with Crippen molar-refractivity contribution < 1.29 is 5.11 Å². The molecule has 1 aliphatic heterocycles. The second-order valence-electron chi connectivity index (χ2n) is 7.63. The molecular weight excluding hydrogens is 262 g/mol. The Balaban J connectivity index is 2.21. The predicted molar refractivity (Wildman–Crippen MR) is 90.7 cm³/mol. The van der Waals surface area contributed by atoms with Crippen molar-refractivity contribution in [1.29, 1.82) is 0 Å². The van der Waals surface area contributed by atoms with Gasteiger partial charge in [-0.25, -0.2) is 0 Å². The van der Waals surface area contributed by atoms with Crippen LogP contribution < -0.4 is 5.32 Å². The van der Waals surface area contributed by atoms with Crippen LogP contribution in [0, 0.1) is 5.92 Å². The highest BCUT2D eigenvalue weighted by Crippen LogP contribution is 2.18. The van der Waals surface area contributed by atoms with Gasteiger partial charge in [-0.1, -0.05) is 13.8 Å². The normalized spacial score (nSPS) is 21.1. The first-order valence-electron chi connectivity index (χ1n) is 8.60. The highest BCUT2D eigenvalue weighted by atomic mass is 16.3. The van der Waals surface area contributed by atoms with E-state index in [4.69, 9.17) is 0 Å². The summed E-state index contributed by atoms with van der Waals surface area (Å²) in [5, 5.41) is 13.1. The second-order valence-corrected chi connectivity index (χ2v) is 7.63. The van der Waals surface area contributed by atoms with Crippen molar-refractivity contribution >= 4 is 0 Å². The van der Waals surface area contributed by atoms with E-state index in [1.165, 1.54) is 32.5 Å². The summed E-state index contributed by atoms with van der Waals surface area (Å²) in [4.78, 5) is 4.91. The van der Waals surface area contributed by atoms with Crippen LogP contribution in [0.1, 0.15) is 46.5 Å². The first kappa shape index (κ1) is 18.9. The highest BCUT2D eigenvalue weighted by Gasteiger charge is 2.24. The van der Waals surface area contributed by atoms with Gasteiger partial charge in [0.05, 0.1) is 6.61 Å². The lowest BCUT2D eigenvalue weighted by atomic mass is 9.94. The molecule has 4 heteroatoms. The Bertz CT molecular complexity index is 277. The van der Waals surface area contributed by atoms with Crippen LogP contribution in [0.3, 0.4) is 0 Å². The third-order valence-electron chi connectivity index (χ3n) is 4.66. The van der Waals surface area contributed by atoms with Crippen LogP contribution in [0.15, 0.2) is 0 Å². The number of rotatable bonds is 9. The van der Waals surface area contributed by atoms with Crippen LogP contribution in [-0.2, 0) is 0 Å². The molecular formula is C17H37N3O. The monoisotopic (exact) mass is 299 g/mol. The number of nitrogens with zero attached hydrogens (tertiary/aromatic N) is 2. The maximum absolute atomic E-state index is 9.60. The molecule has 0 bridgehead atoms. The molecule has 0 aromatic rings. The molecule has 1 fully saturated rings. The lowest BCUT2D eigenvalue weighted by Gasteiger charge is -2.33. The summed E-state index contributed by atoms with van der Waals surface area (Å²) in [5.41, 5.74) is -0.136. The van der Waals surface area contributed by atoms with Crippen molar-refractivity contribution in [3.8, 4) is 0 Å². The van der Waals surface area contributed by atoms with Crippen LogP contribution in [0.4, 0.5) is 0 Å². The van der Waals surface area contributed by atoms with Gasteiger partial charge in [-0.05, 0) is 72.3 Å². The van der Waals surface area contributed by atoms with Crippen LogP contribution >= 0.6 is 0 Å². The number of aliphatic hydroxyl groups excluding tert-OH is 1. The molecule has 0 aliphatic carbocycles. The molecule has 1 rings (SSSR count). The zero-order valence-corrected chi connectivity index (χ0v) is 14.9. The zero-order chi connectivity index (χ0) is 15.9. The average molecular weight is 300 g/mol. The summed E-state index contributed by atoms with van der Waals surface area (Å²) in [6.07, 6.45) is 4.84. The fourth-order valence-corrected chi connectivity index (χ4v) is 3.41. The molecule has 1 saturated heterocycles. The van der Waals surface area contributed by atoms with Gasteiger partial charge >= 0.3 is 0 Å². The van der Waals surface area contributed by atoms with Gasteiger partial charge in [0.25, 0.3) is 0 Å². The van der Waals surface area contributed by atoms with Gasteiger partial charge in [-0.2, -0.15) is 0 Å². The predicted octanol–water partition coefficient (Wildman–Crippen LogP) is 1.79. The van der Waals surface area contributed by atoms with E-state index < -0.39 is 0 Å². The van der Waals surface area contributed by atoms with E-state index in [1.54, 1.807) is 0 Å². The molecule has 126 valence electrons. The minimum atomic E-state index is -0.136. The van der Waals surface area contributed by atoms with Crippen LogP contribution in [-0.4, -0.2) is 73.4 Å². The SMILES string of the molecule is CC(C)NC(C)(CO)CCCN(C)CC1CCN(C)CC1. The Labute approximate surface area is 131 Å². The van der Waals surface area contributed by atoms with E-state index >= 15 is 0 Å². The standard InChI is InChI=1S/C17H37N3O/c1-15(2)18-17(3,14-21)9-6-10-20(5)13-16-7-11-19(4)12-8-16/h15-16,18,21H,6-14H2,1-5H3. The molecule has 0 radical (unpaired) electrons. The Morgan fingerprint density at radius 2 is 1.95 bits per heavy atom. The van der Waals surface area contributed by atoms with Crippen molar-refractivity contribution in [2.45, 2.75) is 58.0 Å². The molecule has 1 heterocycles. The first-order valence-corrected chi connectivity index (χ1v) is 8.60. The highest BCUT2D eigenvalue weighted by molar-refractivity contribution is 4.84. The number of aliphatic hydroxyl groups is 1. The summed E-state index contributed by atoms with van der Waals surface area (Å²) in [6, 6.07) is 0.416. The van der Waals surface area contributed by atoms with Gasteiger partial charge < -0.3 is 20.2 Å². The molecule has 21 heavy (non-hydrogen) atoms. The maximum Gasteiger partial charge on any atom is 0.0610 e. The van der Waals surface area contributed by atoms with Crippen molar-refractivity contribution in [3.63, 3.8) is 0 Å². The van der Waals surface area contributed by atoms with Gasteiger partial charge in [-0.15, -0.1) is 0 Å². The van der Waals surface area contributed by atoms with Crippen LogP contribution in [0.25, 0.3) is 0 Å². The molecule has 0 aromatic carbocycles. The van der Waals surface area contributed by atoms with Crippen molar-refractivity contribution in [3.05, 3.63) is 0 Å². The molecule has 2 N–H and O–H groups in total. The molecule has 1 unspecified atom stereocenters. The number of hydrogen-bond donors (Lipinski definition) is 2. The topological polar surface area (TPSA) is 38.7 Å². The zero-order valence-electron chi connectivity index (χ0n) is 14.9. The molecule has 0 saturated carbocycles. The van der Waals surface area contributed by atoms with Crippen molar-refractivity contribution in [1.82, 2.24) is 15.1 Å². The van der Waals surface area contributed by atoms with E-state index in [-0.39, 0.29) is 12.1 Å². The van der Waals surface area contributed by atoms with E-state index in [0.717, 1.165) is 25.3 Å². The summed E-state index contributed by atoms with van der Waals surface area (Å²) in [7, 11) is 4.46. The Morgan fingerprint density at radius 1 is 1.33 bits per heavy atom. The lowest BCUT2D eigenvalue weighted by Crippen LogP contribution is -2.49. The molecule has 0 aromatic heterocycles. The van der Waals surface area contributed by atoms with E-state index in [1.807, 2.05) is 0 Å². The molecule has 1 aliphatic rings. The minimum Gasteiger partial charge on any atom is -0.394 e. The summed E-state index contributed by atoms with van der Waals surface area (Å²) in [5.74, 6) is 0.865. The summed E-state index contributed by atoms with van der Waals surface area (Å²) < 4.78 is 0. The van der Waals surface area contributed by atoms with Crippen molar-refractivity contribution in [2.75, 3.05) is 46.9 Å². The smallest absolute Gasteiger partial charge is 0.0610 e. The average Bonchev–Trinajstić information content (AvgIpc) is 2.40. The van der Waals surface area contributed by atoms with Gasteiger partial charge in [0.2, 0.25) is 0 Å². The minimum absolute atomic E-state index is 0.136. The van der Waals surface area contributed by atoms with E-state index in [0.29, 0.717) is 6.04 Å². The number of piperidine rings is 1. The Hall–Kier alpha value is -0.160. The largest absolute Gasteiger partial charge is 0.394 e. The van der Waals surface area contributed by atoms with E-state index in [9.17, 15) is 5.11 Å². The molecule has 0 spiro atoms. The first-order chi connectivity index (χ1) is 9.84. The van der Waals surface area contributed by atoms with Gasteiger partial charge in [0, 0.05) is 18.1 Å². The summed E-state index contributed by atoms with van der Waals surface area (Å²) >= 11 is 0. The van der Waals surface area contributed by atoms with Crippen LogP contribution in [0.2, 0.25) is 0 Å². The molecule has 0 amide bonds. The number of likely N-dealkylation sites (tertiary alicyclic amines) is 1. The fourth-order valence-electron chi connectivity index (χ4n) is 3.41. The van der Waals surface area contributed by atoms with Gasteiger partial charge in [-0.3, -0.25) is 0 Å². The van der Waals surface area contributed by atoms with Gasteiger partial charge in [0.1, 0.15) is 0 Å². The summed E-state index contributed by atoms with van der Waals surface area (Å²) in [6.45, 7) is 11.5. The number of hydrogen-bond acceptors (Lipinski definition) is 4. The molecule has 4 nitrogen and oxygen atoms in total. The van der Waals surface area contributed by atoms with E-state index in [2.05, 4.69) is 50.0 Å². The van der Waals surface area contributed by atoms with Crippen molar-refractivity contribution in [2.24, 2.45) is 5.92 Å². The molecule has 1 atom stereocenters. The quantitative estimate of drug-likeness (QED) is 0.681. The second kappa shape index (κ2) is 9.09. The fraction of sp³-hybridized carbons (Fsp3) is 1.00.